The normalized spacial score (nSPS) is 17.7. The van der Waals surface area contributed by atoms with Crippen molar-refractivity contribution in [2.45, 2.75) is 12.6 Å². The predicted molar refractivity (Wildman–Crippen MR) is 114 cm³/mol. The van der Waals surface area contributed by atoms with Crippen LogP contribution in [0.2, 0.25) is 5.02 Å². The third-order valence-corrected chi connectivity index (χ3v) is 5.30. The Hall–Kier alpha value is -3.71. The van der Waals surface area contributed by atoms with Crippen LogP contribution in [0.3, 0.4) is 0 Å². The highest BCUT2D eigenvalue weighted by atomic mass is 35.5. The molecule has 31 heavy (non-hydrogen) atoms. The third-order valence-electron chi connectivity index (χ3n) is 5.01. The zero-order valence-electron chi connectivity index (χ0n) is 16.5. The SMILES string of the molecule is COc1ccc(/C(O)=C2/C(=O)C(=O)N(Cc3cccnc3)C2c2ccccn2)cc1Cl. The number of aromatic nitrogens is 2. The molecule has 0 saturated carbocycles. The fraction of sp³-hybridized carbons (Fsp3) is 0.130. The Kier molecular flexibility index (Phi) is 5.68. The van der Waals surface area contributed by atoms with Gasteiger partial charge in [0, 0.05) is 30.7 Å². The maximum atomic E-state index is 13.0. The number of Topliss-reactive ketones (excluding diaryl/α,β-unsaturated/α-hetero) is 1. The maximum Gasteiger partial charge on any atom is 0.296 e. The van der Waals surface area contributed by atoms with Crippen molar-refractivity contribution in [3.63, 3.8) is 0 Å². The van der Waals surface area contributed by atoms with Gasteiger partial charge in [-0.3, -0.25) is 19.6 Å². The van der Waals surface area contributed by atoms with Crippen LogP contribution < -0.4 is 4.74 Å². The summed E-state index contributed by atoms with van der Waals surface area (Å²) in [6.45, 7) is 0.139. The quantitative estimate of drug-likeness (QED) is 0.372. The number of aliphatic hydroxyl groups is 1. The first kappa shape index (κ1) is 20.6. The maximum absolute atomic E-state index is 13.0. The molecule has 0 radical (unpaired) electrons. The molecule has 0 bridgehead atoms. The van der Waals surface area contributed by atoms with Crippen LogP contribution in [0.5, 0.6) is 5.75 Å². The van der Waals surface area contributed by atoms with Crippen LogP contribution in [0.1, 0.15) is 22.9 Å². The minimum absolute atomic E-state index is 0.0474. The molecule has 1 aromatic carbocycles. The van der Waals surface area contributed by atoms with E-state index in [2.05, 4.69) is 9.97 Å². The predicted octanol–water partition coefficient (Wildman–Crippen LogP) is 3.76. The number of aliphatic hydroxyl groups excluding tert-OH is 1. The minimum Gasteiger partial charge on any atom is -0.507 e. The summed E-state index contributed by atoms with van der Waals surface area (Å²) in [5.74, 6) is -1.41. The number of methoxy groups -OCH3 is 1. The van der Waals surface area contributed by atoms with Gasteiger partial charge in [-0.05, 0) is 42.0 Å². The van der Waals surface area contributed by atoms with E-state index in [-0.39, 0.29) is 22.9 Å². The Morgan fingerprint density at radius 3 is 2.65 bits per heavy atom. The lowest BCUT2D eigenvalue weighted by atomic mass is 9.98. The van der Waals surface area contributed by atoms with E-state index in [0.717, 1.165) is 5.56 Å². The highest BCUT2D eigenvalue weighted by molar-refractivity contribution is 6.46. The largest absolute Gasteiger partial charge is 0.507 e. The van der Waals surface area contributed by atoms with E-state index in [0.29, 0.717) is 17.0 Å². The van der Waals surface area contributed by atoms with Crippen molar-refractivity contribution < 1.29 is 19.4 Å². The second-order valence-electron chi connectivity index (χ2n) is 6.89. The zero-order valence-corrected chi connectivity index (χ0v) is 17.3. The number of amides is 1. The molecule has 1 aliphatic rings. The number of nitrogens with zero attached hydrogens (tertiary/aromatic N) is 3. The summed E-state index contributed by atoms with van der Waals surface area (Å²) < 4.78 is 5.14. The van der Waals surface area contributed by atoms with Crippen LogP contribution in [0.25, 0.3) is 5.76 Å². The van der Waals surface area contributed by atoms with Gasteiger partial charge >= 0.3 is 0 Å². The van der Waals surface area contributed by atoms with Crippen molar-refractivity contribution >= 4 is 29.1 Å². The molecular weight excluding hydrogens is 418 g/mol. The molecule has 4 rings (SSSR count). The monoisotopic (exact) mass is 435 g/mol. The lowest BCUT2D eigenvalue weighted by Crippen LogP contribution is -2.29. The smallest absolute Gasteiger partial charge is 0.296 e. The minimum atomic E-state index is -0.859. The van der Waals surface area contributed by atoms with E-state index in [9.17, 15) is 14.7 Å². The molecule has 1 amide bonds. The van der Waals surface area contributed by atoms with Gasteiger partial charge in [0.25, 0.3) is 11.7 Å². The van der Waals surface area contributed by atoms with Gasteiger partial charge in [0.15, 0.2) is 0 Å². The summed E-state index contributed by atoms with van der Waals surface area (Å²) in [7, 11) is 1.48. The summed E-state index contributed by atoms with van der Waals surface area (Å²) in [5.41, 5.74) is 1.46. The fourth-order valence-corrected chi connectivity index (χ4v) is 3.80. The van der Waals surface area contributed by atoms with E-state index in [1.807, 2.05) is 6.07 Å². The average Bonchev–Trinajstić information content (AvgIpc) is 3.04. The van der Waals surface area contributed by atoms with Gasteiger partial charge in [-0.1, -0.05) is 23.7 Å². The Bertz CT molecular complexity index is 1170. The van der Waals surface area contributed by atoms with E-state index >= 15 is 0 Å². The number of benzene rings is 1. The number of ether oxygens (including phenoxy) is 1. The molecule has 1 atom stereocenters. The van der Waals surface area contributed by atoms with Crippen molar-refractivity contribution in [2.75, 3.05) is 7.11 Å². The van der Waals surface area contributed by atoms with Gasteiger partial charge in [0.1, 0.15) is 17.6 Å². The van der Waals surface area contributed by atoms with Crippen LogP contribution in [-0.2, 0) is 16.1 Å². The summed E-state index contributed by atoms with van der Waals surface area (Å²) in [5, 5.41) is 11.3. The van der Waals surface area contributed by atoms with E-state index in [1.165, 1.54) is 18.1 Å². The van der Waals surface area contributed by atoms with Crippen molar-refractivity contribution in [1.82, 2.24) is 14.9 Å². The molecule has 0 aliphatic carbocycles. The van der Waals surface area contributed by atoms with Crippen LogP contribution in [0.4, 0.5) is 0 Å². The first-order valence-corrected chi connectivity index (χ1v) is 9.81. The molecule has 1 saturated heterocycles. The van der Waals surface area contributed by atoms with Crippen LogP contribution >= 0.6 is 11.6 Å². The van der Waals surface area contributed by atoms with Crippen molar-refractivity contribution in [3.05, 3.63) is 94.5 Å². The average molecular weight is 436 g/mol. The molecule has 1 N–H and O–H groups in total. The summed E-state index contributed by atoms with van der Waals surface area (Å²) in [4.78, 5) is 35.7. The van der Waals surface area contributed by atoms with Crippen molar-refractivity contribution in [1.29, 1.82) is 0 Å². The summed E-state index contributed by atoms with van der Waals surface area (Å²) in [6, 6.07) is 12.6. The Balaban J connectivity index is 1.85. The van der Waals surface area contributed by atoms with E-state index in [1.54, 1.807) is 55.0 Å². The standard InChI is InChI=1S/C23H18ClN3O4/c1-31-18-8-7-15(11-16(18)24)21(28)19-20(17-6-2-3-10-26-17)27(23(30)22(19)29)13-14-5-4-9-25-12-14/h2-12,20,28H,13H2,1H3/b21-19-. The third kappa shape index (κ3) is 3.87. The van der Waals surface area contributed by atoms with Crippen LogP contribution in [0, 0.1) is 0 Å². The van der Waals surface area contributed by atoms with Gasteiger partial charge in [0.2, 0.25) is 0 Å². The highest BCUT2D eigenvalue weighted by Crippen LogP contribution is 2.40. The summed E-state index contributed by atoms with van der Waals surface area (Å²) >= 11 is 6.19. The molecule has 2 aromatic heterocycles. The van der Waals surface area contributed by atoms with Crippen LogP contribution in [0.15, 0.2) is 72.7 Å². The van der Waals surface area contributed by atoms with Gasteiger partial charge in [-0.2, -0.15) is 0 Å². The number of pyridine rings is 2. The number of rotatable bonds is 5. The Labute approximate surface area is 183 Å². The lowest BCUT2D eigenvalue weighted by molar-refractivity contribution is -0.140. The molecule has 0 spiro atoms. The molecule has 1 unspecified atom stereocenters. The number of ketones is 1. The molecule has 3 heterocycles. The highest BCUT2D eigenvalue weighted by Gasteiger charge is 2.46. The van der Waals surface area contributed by atoms with Gasteiger partial charge < -0.3 is 14.7 Å². The molecular formula is C23H18ClN3O4. The number of carbonyl (C=O) groups excluding carboxylic acids is 2. The van der Waals surface area contributed by atoms with Gasteiger partial charge in [-0.15, -0.1) is 0 Å². The van der Waals surface area contributed by atoms with Gasteiger partial charge in [-0.25, -0.2) is 0 Å². The number of hydrogen-bond acceptors (Lipinski definition) is 6. The zero-order chi connectivity index (χ0) is 22.0. The van der Waals surface area contributed by atoms with Crippen LogP contribution in [-0.4, -0.2) is 38.8 Å². The summed E-state index contributed by atoms with van der Waals surface area (Å²) in [6.07, 6.45) is 4.82. The molecule has 8 heteroatoms. The topological polar surface area (TPSA) is 92.6 Å². The Morgan fingerprint density at radius 2 is 2.00 bits per heavy atom. The lowest BCUT2D eigenvalue weighted by Gasteiger charge is -2.24. The fourth-order valence-electron chi connectivity index (χ4n) is 3.55. The number of carbonyl (C=O) groups is 2. The van der Waals surface area contributed by atoms with E-state index < -0.39 is 17.7 Å². The second-order valence-corrected chi connectivity index (χ2v) is 7.30. The second kappa shape index (κ2) is 8.57. The first-order chi connectivity index (χ1) is 15.0. The molecule has 156 valence electrons. The van der Waals surface area contributed by atoms with Crippen molar-refractivity contribution in [3.8, 4) is 5.75 Å². The number of hydrogen-bond donors (Lipinski definition) is 1. The van der Waals surface area contributed by atoms with Gasteiger partial charge in [0.05, 0.1) is 23.4 Å². The molecule has 7 nitrogen and oxygen atoms in total. The molecule has 1 fully saturated rings. The molecule has 3 aromatic rings. The van der Waals surface area contributed by atoms with Crippen molar-refractivity contribution in [2.24, 2.45) is 0 Å². The molecule has 1 aliphatic heterocycles. The van der Waals surface area contributed by atoms with E-state index in [4.69, 9.17) is 16.3 Å². The number of likely N-dealkylation sites (tertiary alicyclic amines) is 1. The first-order valence-electron chi connectivity index (χ1n) is 9.43. The Morgan fingerprint density at radius 1 is 1.16 bits per heavy atom. The number of halogens is 1.